The van der Waals surface area contributed by atoms with E-state index < -0.39 is 5.84 Å². The second kappa shape index (κ2) is 1.91. The molecule has 0 spiro atoms. The Morgan fingerprint density at radius 2 is 1.71 bits per heavy atom. The highest BCUT2D eigenvalue weighted by Gasteiger charge is 2.22. The first-order valence-corrected chi connectivity index (χ1v) is 6.58. The molecule has 0 atom stereocenters. The summed E-state index contributed by atoms with van der Waals surface area (Å²) in [5.74, 6) is -1.73. The lowest BCUT2D eigenvalue weighted by Crippen LogP contribution is -1.67. The molecule has 7 heavy (non-hydrogen) atoms. The van der Waals surface area contributed by atoms with E-state index in [0.717, 1.165) is 25.2 Å². The van der Waals surface area contributed by atoms with Gasteiger partial charge >= 0.3 is 0 Å². The van der Waals surface area contributed by atoms with Crippen molar-refractivity contribution in [3.05, 3.63) is 0 Å². The average molecular weight is 183 g/mol. The molecule has 0 amide bonds. The van der Waals surface area contributed by atoms with Gasteiger partial charge in [-0.1, -0.05) is 0 Å². The van der Waals surface area contributed by atoms with Crippen molar-refractivity contribution in [3.8, 4) is 0 Å². The molecule has 1 aliphatic rings. The van der Waals surface area contributed by atoms with Crippen molar-refractivity contribution in [2.24, 2.45) is 0 Å². The summed E-state index contributed by atoms with van der Waals surface area (Å²) in [6.07, 6.45) is 4.16. The van der Waals surface area contributed by atoms with Crippen LogP contribution < -0.4 is 0 Å². The van der Waals surface area contributed by atoms with Crippen molar-refractivity contribution < 1.29 is 4.57 Å². The zero-order chi connectivity index (χ0) is 5.33. The second-order valence-electron chi connectivity index (χ2n) is 1.94. The van der Waals surface area contributed by atoms with E-state index in [9.17, 15) is 4.57 Å². The van der Waals surface area contributed by atoms with Crippen molar-refractivity contribution in [2.75, 3.05) is 12.3 Å². The maximum absolute atomic E-state index is 10.9. The zero-order valence-electron chi connectivity index (χ0n) is 4.06. The van der Waals surface area contributed by atoms with E-state index in [0.29, 0.717) is 0 Å². The Labute approximate surface area is 51.6 Å². The summed E-state index contributed by atoms with van der Waals surface area (Å²) in [5.41, 5.74) is 0. The number of hydrogen-bond acceptors (Lipinski definition) is 1. The van der Waals surface area contributed by atoms with E-state index in [1.807, 2.05) is 0 Å². The van der Waals surface area contributed by atoms with Crippen molar-refractivity contribution in [1.82, 2.24) is 0 Å². The van der Waals surface area contributed by atoms with Crippen LogP contribution in [0.2, 0.25) is 0 Å². The van der Waals surface area contributed by atoms with Gasteiger partial charge in [-0.3, -0.25) is 0 Å². The van der Waals surface area contributed by atoms with E-state index in [2.05, 4.69) is 15.5 Å². The van der Waals surface area contributed by atoms with Gasteiger partial charge in [0.2, 0.25) is 0 Å². The molecule has 0 aromatic rings. The van der Waals surface area contributed by atoms with E-state index in [1.54, 1.807) is 0 Å². The molecule has 1 rings (SSSR count). The summed E-state index contributed by atoms with van der Waals surface area (Å²) in [6.45, 7) is 0. The van der Waals surface area contributed by atoms with Crippen LogP contribution in [-0.2, 0) is 4.57 Å². The van der Waals surface area contributed by atoms with Crippen LogP contribution in [0.4, 0.5) is 0 Å². The Kier molecular flexibility index (Phi) is 1.59. The monoisotopic (exact) mass is 182 g/mol. The van der Waals surface area contributed by atoms with Gasteiger partial charge in [-0.2, -0.15) is 0 Å². The fraction of sp³-hybridized carbons (Fsp3) is 1.00. The Bertz CT molecular complexity index is 102. The molecule has 0 radical (unpaired) electrons. The molecule has 0 bridgehead atoms. The SMILES string of the molecule is O=P1(Br)CCCC1. The summed E-state index contributed by atoms with van der Waals surface area (Å²) in [6, 6.07) is 0. The highest BCUT2D eigenvalue weighted by Crippen LogP contribution is 2.58. The van der Waals surface area contributed by atoms with Crippen LogP contribution in [0.3, 0.4) is 0 Å². The lowest BCUT2D eigenvalue weighted by molar-refractivity contribution is 0.589. The maximum Gasteiger partial charge on any atom is 0.148 e. The standard InChI is InChI=1S/C4H8BrOP/c5-7(6)3-1-2-4-7/h1-4H2. The maximum atomic E-state index is 10.9. The van der Waals surface area contributed by atoms with Crippen LogP contribution in [0.1, 0.15) is 12.8 Å². The van der Waals surface area contributed by atoms with Gasteiger partial charge in [-0.05, 0) is 28.3 Å². The van der Waals surface area contributed by atoms with Crippen LogP contribution in [0.15, 0.2) is 0 Å². The molecule has 1 nitrogen and oxygen atoms in total. The Morgan fingerprint density at radius 1 is 1.29 bits per heavy atom. The minimum atomic E-state index is -1.73. The largest absolute Gasteiger partial charge is 0.312 e. The summed E-state index contributed by atoms with van der Waals surface area (Å²) in [5, 5.41) is 0. The third kappa shape index (κ3) is 1.58. The Balaban J connectivity index is 2.57. The molecule has 42 valence electrons. The molecule has 0 aliphatic carbocycles. The fourth-order valence-corrected chi connectivity index (χ4v) is 3.93. The van der Waals surface area contributed by atoms with Crippen LogP contribution >= 0.6 is 21.3 Å². The second-order valence-corrected chi connectivity index (χ2v) is 8.30. The van der Waals surface area contributed by atoms with Gasteiger partial charge in [0, 0.05) is 12.3 Å². The van der Waals surface area contributed by atoms with Crippen molar-refractivity contribution >= 4 is 21.3 Å². The number of hydrogen-bond donors (Lipinski definition) is 0. The van der Waals surface area contributed by atoms with Crippen LogP contribution in [0.5, 0.6) is 0 Å². The molecule has 1 fully saturated rings. The van der Waals surface area contributed by atoms with Gasteiger partial charge in [0.1, 0.15) is 5.84 Å². The van der Waals surface area contributed by atoms with E-state index in [-0.39, 0.29) is 0 Å². The molecule has 0 saturated carbocycles. The Hall–Kier alpha value is 0.710. The summed E-state index contributed by atoms with van der Waals surface area (Å²) in [4.78, 5) is 0. The average Bonchev–Trinajstić information content (AvgIpc) is 1.84. The molecule has 1 aliphatic heterocycles. The minimum absolute atomic E-state index is 0.924. The molecular weight excluding hydrogens is 175 g/mol. The van der Waals surface area contributed by atoms with Gasteiger partial charge in [-0.25, -0.2) is 0 Å². The molecule has 3 heteroatoms. The van der Waals surface area contributed by atoms with E-state index >= 15 is 0 Å². The van der Waals surface area contributed by atoms with Crippen molar-refractivity contribution in [1.29, 1.82) is 0 Å². The quantitative estimate of drug-likeness (QED) is 0.527. The highest BCUT2D eigenvalue weighted by atomic mass is 79.9. The first-order valence-electron chi connectivity index (χ1n) is 2.48. The lowest BCUT2D eigenvalue weighted by atomic mass is 10.4. The zero-order valence-corrected chi connectivity index (χ0v) is 6.54. The molecular formula is C4H8BrOP. The third-order valence-electron chi connectivity index (χ3n) is 1.23. The molecule has 0 aromatic heterocycles. The first-order chi connectivity index (χ1) is 3.21. The lowest BCUT2D eigenvalue weighted by Gasteiger charge is -1.93. The smallest absolute Gasteiger partial charge is 0.148 e. The third-order valence-corrected chi connectivity index (χ3v) is 5.33. The van der Waals surface area contributed by atoms with Crippen LogP contribution in [0, 0.1) is 0 Å². The summed E-state index contributed by atoms with van der Waals surface area (Å²) >= 11 is 3.20. The van der Waals surface area contributed by atoms with Gasteiger partial charge in [0.25, 0.3) is 0 Å². The predicted octanol–water partition coefficient (Wildman–Crippen LogP) is 2.45. The Morgan fingerprint density at radius 3 is 1.86 bits per heavy atom. The summed E-state index contributed by atoms with van der Waals surface area (Å²) in [7, 11) is 0. The molecule has 0 unspecified atom stereocenters. The normalized spacial score (nSPS) is 28.1. The topological polar surface area (TPSA) is 17.1 Å². The molecule has 0 N–H and O–H groups in total. The number of rotatable bonds is 0. The van der Waals surface area contributed by atoms with Gasteiger partial charge in [0.05, 0.1) is 0 Å². The van der Waals surface area contributed by atoms with Crippen molar-refractivity contribution in [2.45, 2.75) is 12.8 Å². The summed E-state index contributed by atoms with van der Waals surface area (Å²) < 4.78 is 10.9. The first kappa shape index (κ1) is 5.84. The fourth-order valence-electron chi connectivity index (χ4n) is 0.808. The van der Waals surface area contributed by atoms with Gasteiger partial charge in [-0.15, -0.1) is 0 Å². The van der Waals surface area contributed by atoms with E-state index in [4.69, 9.17) is 0 Å². The highest BCUT2D eigenvalue weighted by molar-refractivity contribution is 9.40. The van der Waals surface area contributed by atoms with Crippen LogP contribution in [0.25, 0.3) is 0 Å². The minimum Gasteiger partial charge on any atom is -0.312 e. The molecule has 1 saturated heterocycles. The number of halogens is 1. The molecule has 0 aromatic carbocycles. The van der Waals surface area contributed by atoms with Gasteiger partial charge < -0.3 is 4.57 Å². The van der Waals surface area contributed by atoms with Crippen LogP contribution in [-0.4, -0.2) is 12.3 Å². The van der Waals surface area contributed by atoms with Gasteiger partial charge in [0.15, 0.2) is 0 Å². The predicted molar refractivity (Wildman–Crippen MR) is 35.5 cm³/mol. The molecule has 1 heterocycles. The van der Waals surface area contributed by atoms with Crippen molar-refractivity contribution in [3.63, 3.8) is 0 Å². The van der Waals surface area contributed by atoms with E-state index in [1.165, 1.54) is 0 Å².